The number of hydrogen-bond acceptors (Lipinski definition) is 6. The quantitative estimate of drug-likeness (QED) is 0.462. The van der Waals surface area contributed by atoms with Crippen molar-refractivity contribution in [1.29, 1.82) is 0 Å². The van der Waals surface area contributed by atoms with Gasteiger partial charge in [0.1, 0.15) is 6.04 Å². The third-order valence-corrected chi connectivity index (χ3v) is 5.11. The van der Waals surface area contributed by atoms with Gasteiger partial charge in [-0.3, -0.25) is 29.5 Å². The van der Waals surface area contributed by atoms with Gasteiger partial charge in [-0.25, -0.2) is 4.79 Å². The third-order valence-electron chi connectivity index (χ3n) is 5.11. The number of carbonyl (C=O) groups is 4. The second-order valence-electron chi connectivity index (χ2n) is 8.49. The fourth-order valence-electron chi connectivity index (χ4n) is 3.91. The van der Waals surface area contributed by atoms with Gasteiger partial charge in [0, 0.05) is 18.4 Å². The molecular formula is C21H26N2O6. The van der Waals surface area contributed by atoms with E-state index in [4.69, 9.17) is 9.78 Å². The first kappa shape index (κ1) is 20.8. The molecule has 2 unspecified atom stereocenters. The lowest BCUT2D eigenvalue weighted by molar-refractivity contribution is -0.213. The highest BCUT2D eigenvalue weighted by Gasteiger charge is 2.49. The minimum atomic E-state index is -0.719. The summed E-state index contributed by atoms with van der Waals surface area (Å²) < 4.78 is 0. The Labute approximate surface area is 169 Å². The van der Waals surface area contributed by atoms with Gasteiger partial charge < -0.3 is 4.90 Å². The van der Waals surface area contributed by atoms with Crippen LogP contribution >= 0.6 is 0 Å². The van der Waals surface area contributed by atoms with Gasteiger partial charge >= 0.3 is 5.97 Å². The van der Waals surface area contributed by atoms with Gasteiger partial charge in [0.15, 0.2) is 5.75 Å². The van der Waals surface area contributed by atoms with Crippen LogP contribution in [0.25, 0.3) is 0 Å². The first-order valence-electron chi connectivity index (χ1n) is 9.81. The Morgan fingerprint density at radius 3 is 2.59 bits per heavy atom. The highest BCUT2D eigenvalue weighted by Crippen LogP contribution is 2.47. The van der Waals surface area contributed by atoms with Crippen molar-refractivity contribution in [3.8, 4) is 5.75 Å². The van der Waals surface area contributed by atoms with E-state index in [0.717, 1.165) is 5.56 Å². The lowest BCUT2D eigenvalue weighted by Gasteiger charge is -2.40. The van der Waals surface area contributed by atoms with Crippen molar-refractivity contribution in [2.45, 2.75) is 65.5 Å². The van der Waals surface area contributed by atoms with E-state index in [0.29, 0.717) is 12.0 Å². The van der Waals surface area contributed by atoms with Crippen molar-refractivity contribution < 1.29 is 29.0 Å². The lowest BCUT2D eigenvalue weighted by Crippen LogP contribution is -2.54. The minimum absolute atomic E-state index is 0.190. The van der Waals surface area contributed by atoms with Crippen molar-refractivity contribution in [3.63, 3.8) is 0 Å². The first-order chi connectivity index (χ1) is 13.6. The molecule has 29 heavy (non-hydrogen) atoms. The Balaban J connectivity index is 1.91. The number of hydrogen-bond donors (Lipinski definition) is 1. The zero-order valence-electron chi connectivity index (χ0n) is 17.1. The Hall–Kier alpha value is -2.90. The molecule has 8 nitrogen and oxygen atoms in total. The predicted octanol–water partition coefficient (Wildman–Crippen LogP) is 2.67. The van der Waals surface area contributed by atoms with Gasteiger partial charge in [-0.2, -0.15) is 0 Å². The molecule has 0 spiro atoms. The standard InChI is InChI=1S/C21H26N2O6/c1-5-6-17(25)29-28-12-7-8-13-14(11-12)20(27)23(18(13)21(2,3)4)15-9-10-16(24)22-19(15)26/h7-8,11,15,18H,5-6,9-10H2,1-4H3,(H,22,24,26). The normalized spacial score (nSPS) is 21.7. The fraction of sp³-hybridized carbons (Fsp3) is 0.524. The maximum absolute atomic E-state index is 13.3. The van der Waals surface area contributed by atoms with Crippen molar-refractivity contribution in [2.75, 3.05) is 0 Å². The number of fused-ring (bicyclic) bond motifs is 1. The molecule has 8 heteroatoms. The first-order valence-corrected chi connectivity index (χ1v) is 9.81. The van der Waals surface area contributed by atoms with Gasteiger partial charge in [0.05, 0.1) is 6.04 Å². The van der Waals surface area contributed by atoms with Crippen LogP contribution in [0, 0.1) is 5.41 Å². The van der Waals surface area contributed by atoms with Gasteiger partial charge in [-0.05, 0) is 36.0 Å². The van der Waals surface area contributed by atoms with Crippen LogP contribution in [-0.4, -0.2) is 34.6 Å². The summed E-state index contributed by atoms with van der Waals surface area (Å²) in [6.07, 6.45) is 1.35. The number of carbonyl (C=O) groups excluding carboxylic acids is 4. The van der Waals surface area contributed by atoms with E-state index in [1.54, 1.807) is 17.0 Å². The van der Waals surface area contributed by atoms with E-state index in [9.17, 15) is 19.2 Å². The van der Waals surface area contributed by atoms with Crippen LogP contribution in [0.5, 0.6) is 5.75 Å². The molecule has 1 aromatic rings. The number of imide groups is 1. The summed E-state index contributed by atoms with van der Waals surface area (Å²) in [6, 6.07) is 3.87. The number of nitrogens with zero attached hydrogens (tertiary/aromatic N) is 1. The molecule has 1 fully saturated rings. The second-order valence-corrected chi connectivity index (χ2v) is 8.49. The molecule has 1 N–H and O–H groups in total. The summed E-state index contributed by atoms with van der Waals surface area (Å²) in [5, 5.41) is 2.33. The van der Waals surface area contributed by atoms with Crippen molar-refractivity contribution >= 4 is 23.7 Å². The Morgan fingerprint density at radius 2 is 1.97 bits per heavy atom. The zero-order chi connectivity index (χ0) is 21.3. The van der Waals surface area contributed by atoms with E-state index in [-0.39, 0.29) is 48.3 Å². The molecule has 2 aliphatic rings. The molecule has 0 saturated carbocycles. The molecule has 0 aliphatic carbocycles. The second kappa shape index (κ2) is 7.85. The minimum Gasteiger partial charge on any atom is -0.319 e. The van der Waals surface area contributed by atoms with E-state index >= 15 is 0 Å². The van der Waals surface area contributed by atoms with Crippen molar-refractivity contribution in [1.82, 2.24) is 10.2 Å². The van der Waals surface area contributed by atoms with Crippen LogP contribution in [0.2, 0.25) is 0 Å². The smallest absolute Gasteiger partial charge is 0.319 e. The molecule has 1 aromatic carbocycles. The molecule has 2 heterocycles. The lowest BCUT2D eigenvalue weighted by atomic mass is 9.81. The van der Waals surface area contributed by atoms with Crippen LogP contribution in [0.3, 0.4) is 0 Å². The molecule has 3 amide bonds. The highest BCUT2D eigenvalue weighted by molar-refractivity contribution is 6.06. The van der Waals surface area contributed by atoms with Crippen LogP contribution < -0.4 is 10.2 Å². The summed E-state index contributed by atoms with van der Waals surface area (Å²) in [6.45, 7) is 7.84. The van der Waals surface area contributed by atoms with E-state index in [2.05, 4.69) is 5.32 Å². The summed E-state index contributed by atoms with van der Waals surface area (Å²) in [4.78, 5) is 60.2. The molecule has 2 atom stereocenters. The van der Waals surface area contributed by atoms with Gasteiger partial charge in [-0.1, -0.05) is 33.8 Å². The van der Waals surface area contributed by atoms with Crippen molar-refractivity contribution in [2.24, 2.45) is 5.41 Å². The Morgan fingerprint density at radius 1 is 1.24 bits per heavy atom. The van der Waals surface area contributed by atoms with E-state index < -0.39 is 17.9 Å². The Bertz CT molecular complexity index is 857. The van der Waals surface area contributed by atoms with Crippen LogP contribution in [-0.2, 0) is 19.3 Å². The molecule has 156 valence electrons. The number of amides is 3. The number of rotatable bonds is 5. The van der Waals surface area contributed by atoms with Gasteiger partial charge in [0.2, 0.25) is 11.8 Å². The number of nitrogens with one attached hydrogen (secondary N) is 1. The summed E-state index contributed by atoms with van der Waals surface area (Å²) in [5.74, 6) is -1.34. The average Bonchev–Trinajstić information content (AvgIpc) is 2.93. The maximum Gasteiger partial charge on any atom is 0.355 e. The number of piperidine rings is 1. The van der Waals surface area contributed by atoms with Crippen LogP contribution in [0.1, 0.15) is 75.3 Å². The third kappa shape index (κ3) is 4.11. The fourth-order valence-corrected chi connectivity index (χ4v) is 3.91. The van der Waals surface area contributed by atoms with Crippen LogP contribution in [0.15, 0.2) is 18.2 Å². The molecule has 2 aliphatic heterocycles. The van der Waals surface area contributed by atoms with E-state index in [1.165, 1.54) is 6.07 Å². The van der Waals surface area contributed by atoms with E-state index in [1.807, 2.05) is 27.7 Å². The molecule has 1 saturated heterocycles. The molecule has 0 radical (unpaired) electrons. The Kier molecular flexibility index (Phi) is 5.64. The summed E-state index contributed by atoms with van der Waals surface area (Å²) >= 11 is 0. The molecule has 3 rings (SSSR count). The topological polar surface area (TPSA) is 102 Å². The highest BCUT2D eigenvalue weighted by atomic mass is 17.2. The summed E-state index contributed by atoms with van der Waals surface area (Å²) in [5.41, 5.74) is 0.830. The largest absolute Gasteiger partial charge is 0.355 e. The van der Waals surface area contributed by atoms with Gasteiger partial charge in [0.25, 0.3) is 5.91 Å². The SMILES string of the molecule is CCCC(=O)OOc1ccc2c(c1)C(=O)N(C1CCC(=O)NC1=O)C2C(C)(C)C. The zero-order valence-corrected chi connectivity index (χ0v) is 17.1. The monoisotopic (exact) mass is 402 g/mol. The predicted molar refractivity (Wildman–Crippen MR) is 103 cm³/mol. The van der Waals surface area contributed by atoms with Crippen LogP contribution in [0.4, 0.5) is 0 Å². The average molecular weight is 402 g/mol. The molecular weight excluding hydrogens is 376 g/mol. The number of benzene rings is 1. The van der Waals surface area contributed by atoms with Gasteiger partial charge in [-0.15, -0.1) is 0 Å². The summed E-state index contributed by atoms with van der Waals surface area (Å²) in [7, 11) is 0. The maximum atomic E-state index is 13.3. The molecule has 0 aromatic heterocycles. The van der Waals surface area contributed by atoms with Crippen molar-refractivity contribution in [3.05, 3.63) is 29.3 Å². The molecule has 0 bridgehead atoms.